The summed E-state index contributed by atoms with van der Waals surface area (Å²) >= 11 is 0. The molecule has 0 aromatic heterocycles. The van der Waals surface area contributed by atoms with Gasteiger partial charge in [-0.2, -0.15) is 0 Å². The minimum absolute atomic E-state index is 0.425. The summed E-state index contributed by atoms with van der Waals surface area (Å²) in [6.07, 6.45) is 0. The SMILES string of the molecule is c1ccc2c(c1)-c1ccccc1C21c2ccccc2-c2c1cc1cc(-c3cc4ccc5cccc6ccc(c3)c4c56)ccc1c2-c1ccc2ccccc2c1. The lowest BCUT2D eigenvalue weighted by molar-refractivity contribution is 0.795. The van der Waals surface area contributed by atoms with Gasteiger partial charge < -0.3 is 0 Å². The standard InChI is InChI=1S/C55H32/c1-2-11-36-28-40(23-20-33(36)10-1)53-43-27-26-37(41-30-38-24-21-34-12-9-13-35-22-25-39(31-41)52(38)51(34)35)29-42(43)32-50-54(53)46-16-5-8-19-49(46)55(50)47-17-6-3-14-44(47)45-15-4-7-18-48(45)55/h1-32H. The van der Waals surface area contributed by atoms with Crippen LogP contribution in [0.15, 0.2) is 194 Å². The van der Waals surface area contributed by atoms with Crippen LogP contribution in [0.2, 0.25) is 0 Å². The maximum Gasteiger partial charge on any atom is 0.0725 e. The second-order valence-electron chi connectivity index (χ2n) is 15.6. The van der Waals surface area contributed by atoms with E-state index >= 15 is 0 Å². The molecule has 0 atom stereocenters. The molecule has 0 N–H and O–H groups in total. The Hall–Kier alpha value is -7.02. The molecule has 0 saturated heterocycles. The van der Waals surface area contributed by atoms with E-state index in [1.54, 1.807) is 0 Å². The van der Waals surface area contributed by atoms with Crippen LogP contribution >= 0.6 is 0 Å². The molecule has 0 heterocycles. The fourth-order valence-electron chi connectivity index (χ4n) is 10.7. The van der Waals surface area contributed by atoms with Gasteiger partial charge in [-0.25, -0.2) is 0 Å². The van der Waals surface area contributed by atoms with Crippen LogP contribution in [-0.4, -0.2) is 0 Å². The minimum atomic E-state index is -0.425. The molecule has 2 aliphatic carbocycles. The Kier molecular flexibility index (Phi) is 5.65. The first-order chi connectivity index (χ1) is 27.3. The number of hydrogen-bond acceptors (Lipinski definition) is 0. The summed E-state index contributed by atoms with van der Waals surface area (Å²) in [6, 6.07) is 73.5. The summed E-state index contributed by atoms with van der Waals surface area (Å²) in [5.74, 6) is 0. The van der Waals surface area contributed by atoms with E-state index in [2.05, 4.69) is 194 Å². The van der Waals surface area contributed by atoms with Crippen LogP contribution in [-0.2, 0) is 5.41 Å². The molecule has 0 unspecified atom stereocenters. The van der Waals surface area contributed by atoms with Crippen molar-refractivity contribution in [2.75, 3.05) is 0 Å². The quantitative estimate of drug-likeness (QED) is 0.158. The predicted octanol–water partition coefficient (Wildman–Crippen LogP) is 14.6. The maximum absolute atomic E-state index is 2.54. The Labute approximate surface area is 318 Å². The fourth-order valence-corrected chi connectivity index (χ4v) is 10.7. The van der Waals surface area contributed by atoms with Gasteiger partial charge in [0, 0.05) is 0 Å². The molecule has 0 bridgehead atoms. The average Bonchev–Trinajstić information content (AvgIpc) is 3.71. The predicted molar refractivity (Wildman–Crippen MR) is 232 cm³/mol. The van der Waals surface area contributed by atoms with E-state index in [9.17, 15) is 0 Å². The molecule has 0 radical (unpaired) electrons. The summed E-state index contributed by atoms with van der Waals surface area (Å²) < 4.78 is 0. The molecule has 11 aromatic carbocycles. The van der Waals surface area contributed by atoms with Gasteiger partial charge in [-0.1, -0.05) is 164 Å². The fraction of sp³-hybridized carbons (Fsp3) is 0.0182. The summed E-state index contributed by atoms with van der Waals surface area (Å²) in [7, 11) is 0. The highest BCUT2D eigenvalue weighted by Gasteiger charge is 2.52. The lowest BCUT2D eigenvalue weighted by Gasteiger charge is -2.31. The molecule has 2 aliphatic rings. The van der Waals surface area contributed by atoms with Crippen LogP contribution in [0.25, 0.3) is 98.4 Å². The van der Waals surface area contributed by atoms with Gasteiger partial charge in [0.05, 0.1) is 5.41 Å². The Morgan fingerprint density at radius 3 is 1.45 bits per heavy atom. The highest BCUT2D eigenvalue weighted by atomic mass is 14.5. The third-order valence-electron chi connectivity index (χ3n) is 12.9. The van der Waals surface area contributed by atoms with E-state index in [-0.39, 0.29) is 0 Å². The van der Waals surface area contributed by atoms with E-state index in [0.29, 0.717) is 0 Å². The van der Waals surface area contributed by atoms with Gasteiger partial charge in [-0.15, -0.1) is 0 Å². The monoisotopic (exact) mass is 692 g/mol. The van der Waals surface area contributed by atoms with Crippen molar-refractivity contribution in [1.82, 2.24) is 0 Å². The van der Waals surface area contributed by atoms with Crippen LogP contribution in [0.4, 0.5) is 0 Å². The molecule has 1 spiro atoms. The first-order valence-electron chi connectivity index (χ1n) is 19.3. The smallest absolute Gasteiger partial charge is 0.0619 e. The van der Waals surface area contributed by atoms with Gasteiger partial charge in [0.2, 0.25) is 0 Å². The van der Waals surface area contributed by atoms with Crippen molar-refractivity contribution in [2.24, 2.45) is 0 Å². The molecular weight excluding hydrogens is 661 g/mol. The molecule has 0 nitrogen and oxygen atoms in total. The maximum atomic E-state index is 2.54. The number of hydrogen-bond donors (Lipinski definition) is 0. The van der Waals surface area contributed by atoms with E-state index in [0.717, 1.165) is 0 Å². The zero-order chi connectivity index (χ0) is 35.8. The normalized spacial score (nSPS) is 13.6. The van der Waals surface area contributed by atoms with Crippen molar-refractivity contribution >= 4 is 53.9 Å². The van der Waals surface area contributed by atoms with Gasteiger partial charge in [-0.3, -0.25) is 0 Å². The van der Waals surface area contributed by atoms with Crippen LogP contribution in [0.5, 0.6) is 0 Å². The van der Waals surface area contributed by atoms with Crippen molar-refractivity contribution < 1.29 is 0 Å². The van der Waals surface area contributed by atoms with E-state index < -0.39 is 5.41 Å². The van der Waals surface area contributed by atoms with Gasteiger partial charge in [0.25, 0.3) is 0 Å². The summed E-state index contributed by atoms with van der Waals surface area (Å²) in [5.41, 5.74) is 15.4. The number of fused-ring (bicyclic) bond motifs is 12. The zero-order valence-electron chi connectivity index (χ0n) is 30.0. The van der Waals surface area contributed by atoms with E-state index in [4.69, 9.17) is 0 Å². The average molecular weight is 693 g/mol. The lowest BCUT2D eigenvalue weighted by atomic mass is 9.70. The van der Waals surface area contributed by atoms with Crippen molar-refractivity contribution in [3.8, 4) is 44.5 Å². The summed E-state index contributed by atoms with van der Waals surface area (Å²) in [4.78, 5) is 0. The largest absolute Gasteiger partial charge is 0.0725 e. The number of rotatable bonds is 2. The van der Waals surface area contributed by atoms with E-state index in [1.165, 1.54) is 121 Å². The topological polar surface area (TPSA) is 0 Å². The van der Waals surface area contributed by atoms with Crippen molar-refractivity contribution in [2.45, 2.75) is 5.41 Å². The first-order valence-corrected chi connectivity index (χ1v) is 19.3. The van der Waals surface area contributed by atoms with Crippen LogP contribution in [0, 0.1) is 0 Å². The van der Waals surface area contributed by atoms with Crippen LogP contribution in [0.3, 0.4) is 0 Å². The molecular formula is C55H32. The lowest BCUT2D eigenvalue weighted by Crippen LogP contribution is -2.25. The minimum Gasteiger partial charge on any atom is -0.0619 e. The zero-order valence-corrected chi connectivity index (χ0v) is 30.0. The molecule has 13 rings (SSSR count). The van der Waals surface area contributed by atoms with Crippen LogP contribution in [0.1, 0.15) is 22.3 Å². The Bertz CT molecular complexity index is 3320. The molecule has 0 aliphatic heterocycles. The highest BCUT2D eigenvalue weighted by Crippen LogP contribution is 2.65. The van der Waals surface area contributed by atoms with Crippen molar-refractivity contribution in [3.05, 3.63) is 216 Å². The second-order valence-corrected chi connectivity index (χ2v) is 15.6. The molecule has 0 fully saturated rings. The molecule has 11 aromatic rings. The third kappa shape index (κ3) is 3.76. The highest BCUT2D eigenvalue weighted by molar-refractivity contribution is 6.24. The Morgan fingerprint density at radius 2 is 0.745 bits per heavy atom. The summed E-state index contributed by atoms with van der Waals surface area (Å²) in [5, 5.41) is 13.0. The van der Waals surface area contributed by atoms with E-state index in [1.807, 2.05) is 0 Å². The molecule has 55 heavy (non-hydrogen) atoms. The molecule has 252 valence electrons. The van der Waals surface area contributed by atoms with Gasteiger partial charge >= 0.3 is 0 Å². The Balaban J connectivity index is 1.15. The van der Waals surface area contributed by atoms with Gasteiger partial charge in [-0.05, 0) is 151 Å². The van der Waals surface area contributed by atoms with Gasteiger partial charge in [0.1, 0.15) is 0 Å². The third-order valence-corrected chi connectivity index (χ3v) is 12.9. The number of benzene rings is 11. The summed E-state index contributed by atoms with van der Waals surface area (Å²) in [6.45, 7) is 0. The molecule has 0 heteroatoms. The van der Waals surface area contributed by atoms with Crippen molar-refractivity contribution in [3.63, 3.8) is 0 Å². The molecule has 0 amide bonds. The Morgan fingerprint density at radius 1 is 0.255 bits per heavy atom. The second kappa shape index (κ2) is 10.6. The first kappa shape index (κ1) is 29.4. The van der Waals surface area contributed by atoms with Gasteiger partial charge in [0.15, 0.2) is 0 Å². The van der Waals surface area contributed by atoms with Crippen LogP contribution < -0.4 is 0 Å². The molecule has 0 saturated carbocycles. The van der Waals surface area contributed by atoms with Crippen molar-refractivity contribution in [1.29, 1.82) is 0 Å².